The topological polar surface area (TPSA) is 86.2 Å². The first kappa shape index (κ1) is 19.0. The van der Waals surface area contributed by atoms with Crippen molar-refractivity contribution in [2.45, 2.75) is 13.3 Å². The van der Waals surface area contributed by atoms with E-state index in [0.29, 0.717) is 17.1 Å². The van der Waals surface area contributed by atoms with Gasteiger partial charge in [-0.3, -0.25) is 9.59 Å². The Hall–Kier alpha value is -3.35. The maximum atomic E-state index is 11.9. The van der Waals surface area contributed by atoms with Gasteiger partial charge < -0.3 is 14.2 Å². The predicted octanol–water partition coefficient (Wildman–Crippen LogP) is 2.32. The van der Waals surface area contributed by atoms with Crippen LogP contribution in [0.2, 0.25) is 0 Å². The number of carbonyl (C=O) groups is 2. The van der Waals surface area contributed by atoms with Crippen molar-refractivity contribution in [2.75, 3.05) is 14.2 Å². The third-order valence-corrected chi connectivity index (χ3v) is 3.34. The molecule has 0 bridgehead atoms. The van der Waals surface area contributed by atoms with E-state index in [1.54, 1.807) is 12.1 Å². The lowest BCUT2D eigenvalue weighted by Crippen LogP contribution is -2.19. The summed E-state index contributed by atoms with van der Waals surface area (Å²) in [7, 11) is 2.90. The molecule has 0 spiro atoms. The highest BCUT2D eigenvalue weighted by atomic mass is 16.6. The van der Waals surface area contributed by atoms with Crippen LogP contribution in [0.15, 0.2) is 47.6 Å². The summed E-state index contributed by atoms with van der Waals surface area (Å²) >= 11 is 0. The van der Waals surface area contributed by atoms with Crippen LogP contribution in [0, 0.1) is 0 Å². The fourth-order valence-corrected chi connectivity index (χ4v) is 2.22. The van der Waals surface area contributed by atoms with Crippen LogP contribution < -0.4 is 19.6 Å². The van der Waals surface area contributed by atoms with Crippen molar-refractivity contribution >= 4 is 18.1 Å². The number of rotatable bonds is 7. The average molecular weight is 356 g/mol. The van der Waals surface area contributed by atoms with Crippen LogP contribution in [0.4, 0.5) is 0 Å². The molecular formula is C19H20N2O5. The minimum atomic E-state index is -0.490. The number of benzene rings is 2. The predicted molar refractivity (Wildman–Crippen MR) is 96.7 cm³/mol. The molecule has 0 aliphatic heterocycles. The van der Waals surface area contributed by atoms with Crippen molar-refractivity contribution in [3.63, 3.8) is 0 Å². The number of hydrogen-bond donors (Lipinski definition) is 1. The molecule has 0 aliphatic rings. The van der Waals surface area contributed by atoms with Gasteiger partial charge in [0, 0.05) is 12.5 Å². The second kappa shape index (κ2) is 9.22. The fourth-order valence-electron chi connectivity index (χ4n) is 2.22. The first-order valence-corrected chi connectivity index (χ1v) is 7.83. The molecule has 7 heteroatoms. The van der Waals surface area contributed by atoms with E-state index in [2.05, 4.69) is 10.5 Å². The van der Waals surface area contributed by atoms with Gasteiger partial charge in [0.25, 0.3) is 0 Å². The molecule has 0 heterocycles. The number of carbonyl (C=O) groups excluding carboxylic acids is 2. The summed E-state index contributed by atoms with van der Waals surface area (Å²) < 4.78 is 15.6. The Balaban J connectivity index is 2.09. The average Bonchev–Trinajstić information content (AvgIpc) is 2.62. The van der Waals surface area contributed by atoms with Gasteiger partial charge in [-0.05, 0) is 17.7 Å². The lowest BCUT2D eigenvalue weighted by molar-refractivity contribution is -0.132. The fraction of sp³-hybridized carbons (Fsp3) is 0.211. The highest BCUT2D eigenvalue weighted by Gasteiger charge is 2.15. The molecule has 0 fully saturated rings. The lowest BCUT2D eigenvalue weighted by Gasteiger charge is -2.13. The van der Waals surface area contributed by atoms with Gasteiger partial charge in [0.15, 0.2) is 11.5 Å². The van der Waals surface area contributed by atoms with E-state index in [9.17, 15) is 9.59 Å². The highest BCUT2D eigenvalue weighted by molar-refractivity contribution is 5.85. The zero-order chi connectivity index (χ0) is 18.9. The Morgan fingerprint density at radius 3 is 2.23 bits per heavy atom. The van der Waals surface area contributed by atoms with Crippen LogP contribution in [0.1, 0.15) is 18.1 Å². The quantitative estimate of drug-likeness (QED) is 0.356. The normalized spacial score (nSPS) is 10.4. The van der Waals surface area contributed by atoms with E-state index in [0.717, 1.165) is 5.56 Å². The number of amides is 1. The molecule has 1 N–H and O–H groups in total. The van der Waals surface area contributed by atoms with E-state index < -0.39 is 5.97 Å². The molecule has 136 valence electrons. The maximum Gasteiger partial charge on any atom is 0.308 e. The van der Waals surface area contributed by atoms with Crippen LogP contribution in [-0.2, 0) is 16.0 Å². The number of hydrazone groups is 1. The summed E-state index contributed by atoms with van der Waals surface area (Å²) in [6.45, 7) is 1.29. The van der Waals surface area contributed by atoms with Crippen LogP contribution in [0.5, 0.6) is 17.2 Å². The van der Waals surface area contributed by atoms with Crippen LogP contribution in [0.3, 0.4) is 0 Å². The number of ether oxygens (including phenoxy) is 3. The molecular weight excluding hydrogens is 336 g/mol. The van der Waals surface area contributed by atoms with Crippen LogP contribution >= 0.6 is 0 Å². The van der Waals surface area contributed by atoms with Crippen molar-refractivity contribution < 1.29 is 23.8 Å². The molecule has 0 saturated carbocycles. The molecule has 0 atom stereocenters. The van der Waals surface area contributed by atoms with E-state index in [-0.39, 0.29) is 18.1 Å². The van der Waals surface area contributed by atoms with Crippen molar-refractivity contribution in [1.82, 2.24) is 5.43 Å². The Morgan fingerprint density at radius 1 is 1.08 bits per heavy atom. The highest BCUT2D eigenvalue weighted by Crippen LogP contribution is 2.38. The summed E-state index contributed by atoms with van der Waals surface area (Å²) in [5.41, 5.74) is 3.97. The van der Waals surface area contributed by atoms with Gasteiger partial charge in [-0.2, -0.15) is 5.10 Å². The van der Waals surface area contributed by atoms with Crippen molar-refractivity contribution in [3.8, 4) is 17.2 Å². The Morgan fingerprint density at radius 2 is 1.69 bits per heavy atom. The molecule has 2 rings (SSSR count). The molecule has 0 saturated heterocycles. The molecule has 0 unspecified atom stereocenters. The largest absolute Gasteiger partial charge is 0.493 e. The van der Waals surface area contributed by atoms with Crippen molar-refractivity contribution in [2.24, 2.45) is 5.10 Å². The van der Waals surface area contributed by atoms with Crippen molar-refractivity contribution in [3.05, 3.63) is 53.6 Å². The SMILES string of the molecule is COc1cc(/C=N/NC(=O)Cc2ccccc2)cc(OC)c1OC(C)=O. The molecule has 2 aromatic carbocycles. The van der Waals surface area contributed by atoms with Gasteiger partial charge in [0.1, 0.15) is 0 Å². The number of nitrogens with zero attached hydrogens (tertiary/aromatic N) is 1. The minimum absolute atomic E-state index is 0.188. The summed E-state index contributed by atoms with van der Waals surface area (Å²) in [5, 5.41) is 3.94. The lowest BCUT2D eigenvalue weighted by atomic mass is 10.1. The van der Waals surface area contributed by atoms with E-state index in [4.69, 9.17) is 14.2 Å². The van der Waals surface area contributed by atoms with Crippen LogP contribution in [-0.4, -0.2) is 32.3 Å². The first-order valence-electron chi connectivity index (χ1n) is 7.83. The summed E-state index contributed by atoms with van der Waals surface area (Å²) in [4.78, 5) is 23.1. The monoisotopic (exact) mass is 356 g/mol. The Kier molecular flexibility index (Phi) is 6.73. The maximum absolute atomic E-state index is 11.9. The second-order valence-electron chi connectivity index (χ2n) is 5.30. The number of methoxy groups -OCH3 is 2. The van der Waals surface area contributed by atoms with E-state index in [1.807, 2.05) is 30.3 Å². The molecule has 0 radical (unpaired) electrons. The van der Waals surface area contributed by atoms with Crippen molar-refractivity contribution in [1.29, 1.82) is 0 Å². The first-order chi connectivity index (χ1) is 12.5. The Labute approximate surface area is 151 Å². The third kappa shape index (κ3) is 5.34. The summed E-state index contributed by atoms with van der Waals surface area (Å²) in [5.74, 6) is 0.0973. The van der Waals surface area contributed by atoms with Gasteiger partial charge in [0.05, 0.1) is 26.9 Å². The number of hydrogen-bond acceptors (Lipinski definition) is 6. The standard InChI is InChI=1S/C19H20N2O5/c1-13(22)26-19-16(24-2)9-15(10-17(19)25-3)12-20-21-18(23)11-14-7-5-4-6-8-14/h4-10,12H,11H2,1-3H3,(H,21,23)/b20-12+. The smallest absolute Gasteiger partial charge is 0.308 e. The van der Waals surface area contributed by atoms with Gasteiger partial charge in [-0.1, -0.05) is 30.3 Å². The van der Waals surface area contributed by atoms with Gasteiger partial charge in [-0.15, -0.1) is 0 Å². The number of nitrogens with one attached hydrogen (secondary N) is 1. The third-order valence-electron chi connectivity index (χ3n) is 3.34. The molecule has 2 aromatic rings. The zero-order valence-electron chi connectivity index (χ0n) is 14.8. The molecule has 1 amide bonds. The van der Waals surface area contributed by atoms with E-state index >= 15 is 0 Å². The minimum Gasteiger partial charge on any atom is -0.493 e. The summed E-state index contributed by atoms with van der Waals surface area (Å²) in [6, 6.07) is 12.6. The van der Waals surface area contributed by atoms with E-state index in [1.165, 1.54) is 27.4 Å². The zero-order valence-corrected chi connectivity index (χ0v) is 14.8. The Bertz CT molecular complexity index is 778. The summed E-state index contributed by atoms with van der Waals surface area (Å²) in [6.07, 6.45) is 1.68. The van der Waals surface area contributed by atoms with Gasteiger partial charge in [-0.25, -0.2) is 5.43 Å². The molecule has 7 nitrogen and oxygen atoms in total. The number of esters is 1. The van der Waals surface area contributed by atoms with Crippen LogP contribution in [0.25, 0.3) is 0 Å². The second-order valence-corrected chi connectivity index (χ2v) is 5.30. The molecule has 26 heavy (non-hydrogen) atoms. The van der Waals surface area contributed by atoms with Gasteiger partial charge >= 0.3 is 5.97 Å². The molecule has 0 aromatic heterocycles. The van der Waals surface area contributed by atoms with Gasteiger partial charge in [0.2, 0.25) is 11.7 Å². The molecule has 0 aliphatic carbocycles.